The largest absolute Gasteiger partial charge is 0.497 e. The van der Waals surface area contributed by atoms with Crippen molar-refractivity contribution in [3.63, 3.8) is 0 Å². The van der Waals surface area contributed by atoms with Crippen LogP contribution in [0, 0.1) is 0 Å². The molecule has 57 heavy (non-hydrogen) atoms. The van der Waals surface area contributed by atoms with Gasteiger partial charge in [0.05, 0.1) is 56.9 Å². The van der Waals surface area contributed by atoms with E-state index in [-0.39, 0.29) is 0 Å². The fourth-order valence-electron chi connectivity index (χ4n) is 7.55. The normalized spacial score (nSPS) is 12.0. The highest BCUT2D eigenvalue weighted by atomic mass is 16.5. The van der Waals surface area contributed by atoms with Gasteiger partial charge in [-0.2, -0.15) is 0 Å². The summed E-state index contributed by atoms with van der Waals surface area (Å²) < 4.78 is 22.1. The summed E-state index contributed by atoms with van der Waals surface area (Å²) in [6.45, 7) is 0. The van der Waals surface area contributed by atoms with Gasteiger partial charge in [0.15, 0.2) is 0 Å². The van der Waals surface area contributed by atoms with Gasteiger partial charge in [-0.15, -0.1) is 0 Å². The monoisotopic (exact) mass is 749 g/mol. The van der Waals surface area contributed by atoms with Crippen LogP contribution in [0.1, 0.15) is 22.8 Å². The fraction of sp³-hybridized carbons (Fsp3) is 0.0833. The average Bonchev–Trinajstić information content (AvgIpc) is 4.09. The third-order valence-electron chi connectivity index (χ3n) is 10.4. The molecule has 0 amide bonds. The van der Waals surface area contributed by atoms with Crippen LogP contribution in [0.4, 0.5) is 0 Å². The second kappa shape index (κ2) is 14.6. The molecule has 4 N–H and O–H groups in total. The summed E-state index contributed by atoms with van der Waals surface area (Å²) in [5.74, 6) is 3.04. The summed E-state index contributed by atoms with van der Waals surface area (Å²) in [5.41, 5.74) is 21.4. The molecule has 7 aromatic rings. The molecule has 0 saturated heterocycles. The Morgan fingerprint density at radius 2 is 0.702 bits per heavy atom. The molecule has 2 aliphatic rings. The third-order valence-corrected chi connectivity index (χ3v) is 10.4. The summed E-state index contributed by atoms with van der Waals surface area (Å²) in [4.78, 5) is 18.3. The van der Waals surface area contributed by atoms with Crippen LogP contribution in [0.25, 0.3) is 90.5 Å². The second-order valence-electron chi connectivity index (χ2n) is 13.6. The summed E-state index contributed by atoms with van der Waals surface area (Å²) >= 11 is 0. The van der Waals surface area contributed by atoms with Crippen LogP contribution in [0.2, 0.25) is 0 Å². The van der Waals surface area contributed by atoms with Gasteiger partial charge in [-0.05, 0) is 113 Å². The van der Waals surface area contributed by atoms with Gasteiger partial charge in [0, 0.05) is 44.3 Å². The van der Waals surface area contributed by atoms with Gasteiger partial charge in [-0.1, -0.05) is 48.5 Å². The zero-order chi connectivity index (χ0) is 39.0. The Labute approximate surface area is 329 Å². The van der Waals surface area contributed by atoms with Crippen molar-refractivity contribution in [1.29, 1.82) is 0 Å². The number of methoxy groups -OCH3 is 4. The lowest BCUT2D eigenvalue weighted by molar-refractivity contribution is 0.415. The second-order valence-corrected chi connectivity index (χ2v) is 13.6. The minimum absolute atomic E-state index is 0.542. The molecule has 280 valence electrons. The highest BCUT2D eigenvalue weighted by molar-refractivity contribution is 6.01. The number of nitrogens with two attached hydrogens (primary N) is 1. The van der Waals surface area contributed by atoms with Crippen LogP contribution < -0.4 is 24.7 Å². The van der Waals surface area contributed by atoms with Crippen molar-refractivity contribution < 1.29 is 18.9 Å². The van der Waals surface area contributed by atoms with Crippen LogP contribution in [-0.2, 0) is 0 Å². The van der Waals surface area contributed by atoms with Gasteiger partial charge in [-0.25, -0.2) is 9.97 Å². The van der Waals surface area contributed by atoms with Crippen molar-refractivity contribution in [2.45, 2.75) is 0 Å². The van der Waals surface area contributed by atoms with Crippen molar-refractivity contribution in [3.05, 3.63) is 144 Å². The topological polar surface area (TPSA) is 120 Å². The maximum absolute atomic E-state index is 7.01. The molecule has 0 aliphatic carbocycles. The van der Waals surface area contributed by atoms with Gasteiger partial charge in [0.2, 0.25) is 0 Å². The number of ether oxygens (including phenoxy) is 4. The van der Waals surface area contributed by atoms with E-state index in [1.807, 2.05) is 78.9 Å². The highest BCUT2D eigenvalue weighted by Gasteiger charge is 2.21. The minimum Gasteiger partial charge on any atom is -0.497 e. The number of benzene rings is 4. The molecule has 0 saturated carbocycles. The van der Waals surface area contributed by atoms with Gasteiger partial charge < -0.3 is 34.6 Å². The lowest BCUT2D eigenvalue weighted by Gasteiger charge is -2.09. The zero-order valence-corrected chi connectivity index (χ0v) is 31.9. The maximum atomic E-state index is 7.01. The van der Waals surface area contributed by atoms with Crippen LogP contribution in [0.5, 0.6) is 23.0 Å². The maximum Gasteiger partial charge on any atom is 0.118 e. The number of nitrogens with one attached hydrogen (secondary N) is 2. The Hall–Kier alpha value is -7.52. The third kappa shape index (κ3) is 6.44. The van der Waals surface area contributed by atoms with Crippen LogP contribution in [0.3, 0.4) is 0 Å². The number of H-pyrrole nitrogens is 2. The number of hydrogen-bond donors (Lipinski definition) is 3. The standard InChI is InChI=1S/C48H39N5O4/c1-54-32-13-5-28(6-14-32)44-37-21-22-38(50-37)45(29-7-15-33(55-2)16-8-29)40-25-26-42(52-40)47(31-11-19-35(57-4)20-12-31)48-36(49)27-43(53-48)46(41-24-23-39(44)51-41)30-9-17-34(56-3)18-10-30/h5-27,51-52H,49H2,1-4H3. The van der Waals surface area contributed by atoms with Crippen molar-refractivity contribution in [2.24, 2.45) is 5.73 Å². The quantitative estimate of drug-likeness (QED) is 0.141. The van der Waals surface area contributed by atoms with E-state index in [9.17, 15) is 0 Å². The van der Waals surface area contributed by atoms with Crippen LogP contribution in [-0.4, -0.2) is 48.4 Å². The molecular weight excluding hydrogens is 711 g/mol. The molecule has 3 aromatic heterocycles. The van der Waals surface area contributed by atoms with E-state index in [1.54, 1.807) is 28.4 Å². The molecular formula is C48H39N5O4. The van der Waals surface area contributed by atoms with Gasteiger partial charge in [0.1, 0.15) is 23.0 Å². The van der Waals surface area contributed by atoms with Crippen molar-refractivity contribution >= 4 is 46.0 Å². The summed E-state index contributed by atoms with van der Waals surface area (Å²) in [6, 6.07) is 40.4. The van der Waals surface area contributed by atoms with E-state index in [0.717, 1.165) is 107 Å². The van der Waals surface area contributed by atoms with E-state index >= 15 is 0 Å². The van der Waals surface area contributed by atoms with Crippen molar-refractivity contribution in [3.8, 4) is 67.5 Å². The molecule has 0 atom stereocenters. The Kier molecular flexibility index (Phi) is 9.02. The molecule has 4 aromatic carbocycles. The molecule has 5 heterocycles. The molecule has 0 fully saturated rings. The summed E-state index contributed by atoms with van der Waals surface area (Å²) in [7, 11) is 6.66. The predicted molar refractivity (Wildman–Crippen MR) is 230 cm³/mol. The molecule has 0 spiro atoms. The van der Waals surface area contributed by atoms with Crippen LogP contribution in [0.15, 0.2) is 121 Å². The number of hydrogen-bond acceptors (Lipinski definition) is 7. The van der Waals surface area contributed by atoms with E-state index in [1.165, 1.54) is 0 Å². The predicted octanol–water partition coefficient (Wildman–Crippen LogP) is 10.6. The molecule has 9 rings (SSSR count). The van der Waals surface area contributed by atoms with E-state index < -0.39 is 0 Å². The lowest BCUT2D eigenvalue weighted by atomic mass is 10.0. The van der Waals surface area contributed by atoms with Gasteiger partial charge >= 0.3 is 0 Å². The highest BCUT2D eigenvalue weighted by Crippen LogP contribution is 2.40. The van der Waals surface area contributed by atoms with Crippen molar-refractivity contribution in [1.82, 2.24) is 19.9 Å². The minimum atomic E-state index is 0.542. The zero-order valence-electron chi connectivity index (χ0n) is 31.9. The number of nitrogens with zero attached hydrogens (tertiary/aromatic N) is 2. The molecule has 8 bridgehead atoms. The number of aromatic amines is 2. The first-order valence-electron chi connectivity index (χ1n) is 18.5. The smallest absolute Gasteiger partial charge is 0.118 e. The number of aromatic nitrogens is 4. The SMILES string of the molecule is COc1ccc(-c2c3nc(c(-c4ccc(OC)cc4)c4ccc([nH]4)c(-c4ccc(OC)cc4)c4nc(c(-c5ccc(OC)cc5)c5ccc2[nH]5)C=C4N)C=C3)cc1. The number of fused-ring (bicyclic) bond motifs is 8. The summed E-state index contributed by atoms with van der Waals surface area (Å²) in [5, 5.41) is 0. The van der Waals surface area contributed by atoms with Crippen LogP contribution >= 0.6 is 0 Å². The Morgan fingerprint density at radius 3 is 1.05 bits per heavy atom. The molecule has 2 aliphatic heterocycles. The number of rotatable bonds is 8. The van der Waals surface area contributed by atoms with Gasteiger partial charge in [-0.3, -0.25) is 0 Å². The van der Waals surface area contributed by atoms with E-state index in [4.69, 9.17) is 34.6 Å². The summed E-state index contributed by atoms with van der Waals surface area (Å²) in [6.07, 6.45) is 6.11. The van der Waals surface area contributed by atoms with Gasteiger partial charge in [0.25, 0.3) is 0 Å². The Balaban J connectivity index is 1.45. The Morgan fingerprint density at radius 1 is 0.386 bits per heavy atom. The lowest BCUT2D eigenvalue weighted by Crippen LogP contribution is -1.97. The van der Waals surface area contributed by atoms with Crippen molar-refractivity contribution in [2.75, 3.05) is 28.4 Å². The van der Waals surface area contributed by atoms with E-state index in [2.05, 4.69) is 70.7 Å². The van der Waals surface area contributed by atoms with E-state index in [0.29, 0.717) is 11.4 Å². The molecule has 9 heteroatoms. The first kappa shape index (κ1) is 35.2. The molecule has 0 unspecified atom stereocenters. The molecule has 9 nitrogen and oxygen atoms in total. The first-order valence-corrected chi connectivity index (χ1v) is 18.5. The average molecular weight is 750 g/mol. The Bertz CT molecular complexity index is 2870. The fourth-order valence-corrected chi connectivity index (χ4v) is 7.55. The molecule has 0 radical (unpaired) electrons. The first-order chi connectivity index (χ1) is 27.9.